The Morgan fingerprint density at radius 3 is 2.33 bits per heavy atom. The number of hydrogen-bond acceptors (Lipinski definition) is 4. The van der Waals surface area contributed by atoms with Crippen LogP contribution in [0.2, 0.25) is 0 Å². The van der Waals surface area contributed by atoms with Gasteiger partial charge in [0.05, 0.1) is 11.4 Å². The average molecular weight is 570 g/mol. The number of nitrogens with two attached hydrogens (primary N) is 1. The number of hydrogen-bond donors (Lipinski definition) is 2. The van der Waals surface area contributed by atoms with Crippen LogP contribution in [-0.4, -0.2) is 18.5 Å². The molecule has 30 heavy (non-hydrogen) atoms. The normalized spacial score (nSPS) is 11.2. The van der Waals surface area contributed by atoms with Crippen molar-refractivity contribution in [3.8, 4) is 0 Å². The van der Waals surface area contributed by atoms with E-state index in [1.807, 2.05) is 35.2 Å². The fourth-order valence-electron chi connectivity index (χ4n) is 2.69. The van der Waals surface area contributed by atoms with Gasteiger partial charge in [-0.25, -0.2) is 13.6 Å². The van der Waals surface area contributed by atoms with Crippen LogP contribution in [0.3, 0.4) is 0 Å². The smallest absolute Gasteiger partial charge is 0.238 e. The van der Waals surface area contributed by atoms with Gasteiger partial charge >= 0.3 is 0 Å². The van der Waals surface area contributed by atoms with Gasteiger partial charge < -0.3 is 10.2 Å². The summed E-state index contributed by atoms with van der Waals surface area (Å²) in [5, 5.41) is 8.98. The lowest BCUT2D eigenvalue weighted by Crippen LogP contribution is -2.39. The number of halogens is 2. The number of benzene rings is 2. The number of sulfonamides is 1. The Balaban J connectivity index is 1.88. The van der Waals surface area contributed by atoms with Crippen molar-refractivity contribution in [2.75, 3.05) is 4.90 Å². The van der Waals surface area contributed by atoms with Gasteiger partial charge in [0.15, 0.2) is 5.11 Å². The quantitative estimate of drug-likeness (QED) is 0.429. The summed E-state index contributed by atoms with van der Waals surface area (Å²) in [7, 11) is -3.77. The second kappa shape index (κ2) is 9.97. The third-order valence-electron chi connectivity index (χ3n) is 4.26. The first-order chi connectivity index (χ1) is 14.2. The van der Waals surface area contributed by atoms with Gasteiger partial charge in [0.25, 0.3) is 0 Å². The number of thiocarbonyl (C=S) groups is 1. The van der Waals surface area contributed by atoms with Crippen molar-refractivity contribution in [3.05, 3.63) is 87.1 Å². The molecule has 1 heterocycles. The highest BCUT2D eigenvalue weighted by atomic mass is 79.9. The maximum atomic E-state index is 11.6. The van der Waals surface area contributed by atoms with Crippen LogP contribution in [0.25, 0.3) is 0 Å². The van der Waals surface area contributed by atoms with Gasteiger partial charge in [-0.2, -0.15) is 0 Å². The molecule has 0 saturated heterocycles. The van der Waals surface area contributed by atoms with Crippen molar-refractivity contribution in [2.45, 2.75) is 18.0 Å². The highest BCUT2D eigenvalue weighted by molar-refractivity contribution is 9.11. The van der Waals surface area contributed by atoms with Gasteiger partial charge in [-0.15, -0.1) is 0 Å². The number of aromatic nitrogens is 1. The topological polar surface area (TPSA) is 88.3 Å². The second-order valence-electron chi connectivity index (χ2n) is 6.37. The minimum atomic E-state index is -3.77. The molecule has 6 nitrogen and oxygen atoms in total. The lowest BCUT2D eigenvalue weighted by atomic mass is 10.2. The summed E-state index contributed by atoms with van der Waals surface area (Å²) in [6.07, 6.45) is 3.45. The van der Waals surface area contributed by atoms with Crippen molar-refractivity contribution in [3.63, 3.8) is 0 Å². The summed E-state index contributed by atoms with van der Waals surface area (Å²) in [4.78, 5) is 5.96. The second-order valence-corrected chi connectivity index (χ2v) is 10.1. The Morgan fingerprint density at radius 1 is 1.07 bits per heavy atom. The van der Waals surface area contributed by atoms with Crippen LogP contribution < -0.4 is 15.4 Å². The van der Waals surface area contributed by atoms with E-state index in [9.17, 15) is 8.42 Å². The van der Waals surface area contributed by atoms with E-state index in [4.69, 9.17) is 17.4 Å². The van der Waals surface area contributed by atoms with Crippen LogP contribution in [0.1, 0.15) is 11.1 Å². The molecular weight excluding hydrogens is 552 g/mol. The summed E-state index contributed by atoms with van der Waals surface area (Å²) in [5.74, 6) is 0. The number of nitrogens with zero attached hydrogens (tertiary/aromatic N) is 2. The summed E-state index contributed by atoms with van der Waals surface area (Å²) in [5.41, 5.74) is 2.80. The fraction of sp³-hybridized carbons (Fsp3) is 0.100. The van der Waals surface area contributed by atoms with Crippen molar-refractivity contribution in [1.29, 1.82) is 0 Å². The zero-order valence-corrected chi connectivity index (χ0v) is 20.4. The lowest BCUT2D eigenvalue weighted by Gasteiger charge is -2.27. The molecule has 2 aromatic carbocycles. The van der Waals surface area contributed by atoms with Gasteiger partial charge in [0.2, 0.25) is 10.0 Å². The highest BCUT2D eigenvalue weighted by Gasteiger charge is 2.16. The molecule has 0 unspecified atom stereocenters. The standard InChI is InChI=1S/C20H18Br2N4O2S2/c21-16-2-1-15(19(22)11-16)13-26(17-3-5-18(6-4-17)30(23,27)28)20(29)25-12-14-7-9-24-10-8-14/h1-11H,12-13H2,(H,25,29)(H2,23,27,28). The monoisotopic (exact) mass is 568 g/mol. The molecule has 3 N–H and O–H groups in total. The number of primary sulfonamides is 1. The van der Waals surface area contributed by atoms with Crippen molar-refractivity contribution < 1.29 is 8.42 Å². The molecule has 156 valence electrons. The average Bonchev–Trinajstić information content (AvgIpc) is 2.72. The summed E-state index contributed by atoms with van der Waals surface area (Å²) >= 11 is 12.7. The van der Waals surface area contributed by atoms with Crippen molar-refractivity contribution in [2.24, 2.45) is 5.14 Å². The van der Waals surface area contributed by atoms with Crippen LogP contribution in [0.15, 0.2) is 80.8 Å². The molecule has 0 bridgehead atoms. The Kier molecular flexibility index (Phi) is 7.59. The molecular formula is C20H18Br2N4O2S2. The maximum Gasteiger partial charge on any atom is 0.238 e. The molecule has 0 radical (unpaired) electrons. The third kappa shape index (κ3) is 6.08. The van der Waals surface area contributed by atoms with E-state index in [2.05, 4.69) is 42.2 Å². The molecule has 10 heteroatoms. The zero-order valence-electron chi connectivity index (χ0n) is 15.6. The molecule has 0 amide bonds. The Labute approximate surface area is 197 Å². The van der Waals surface area contributed by atoms with Gasteiger partial charge in [0.1, 0.15) is 0 Å². The van der Waals surface area contributed by atoms with Gasteiger partial charge in [-0.1, -0.05) is 37.9 Å². The molecule has 3 aromatic rings. The van der Waals surface area contributed by atoms with E-state index in [1.165, 1.54) is 12.1 Å². The van der Waals surface area contributed by atoms with Crippen LogP contribution >= 0.6 is 44.1 Å². The predicted molar refractivity (Wildman–Crippen MR) is 130 cm³/mol. The van der Waals surface area contributed by atoms with Crippen LogP contribution in [-0.2, 0) is 23.1 Å². The number of rotatable bonds is 6. The largest absolute Gasteiger partial charge is 0.358 e. The number of anilines is 1. The maximum absolute atomic E-state index is 11.6. The molecule has 0 atom stereocenters. The molecule has 0 aliphatic rings. The van der Waals surface area contributed by atoms with Crippen molar-refractivity contribution >= 4 is 64.9 Å². The molecule has 1 aromatic heterocycles. The summed E-state index contributed by atoms with van der Waals surface area (Å²) in [6, 6.07) is 16.0. The molecule has 0 spiro atoms. The highest BCUT2D eigenvalue weighted by Crippen LogP contribution is 2.26. The van der Waals surface area contributed by atoms with E-state index in [0.29, 0.717) is 18.2 Å². The number of nitrogens with one attached hydrogen (secondary N) is 1. The minimum absolute atomic E-state index is 0.0479. The molecule has 0 aliphatic carbocycles. The van der Waals surface area contributed by atoms with Gasteiger partial charge in [-0.3, -0.25) is 4.98 Å². The van der Waals surface area contributed by atoms with E-state index in [-0.39, 0.29) is 4.90 Å². The minimum Gasteiger partial charge on any atom is -0.358 e. The van der Waals surface area contributed by atoms with Gasteiger partial charge in [-0.05, 0) is 71.9 Å². The van der Waals surface area contributed by atoms with E-state index >= 15 is 0 Å². The molecule has 0 fully saturated rings. The number of pyridine rings is 1. The SMILES string of the molecule is NS(=O)(=O)c1ccc(N(Cc2ccc(Br)cc2Br)C(=S)NCc2ccncc2)cc1. The summed E-state index contributed by atoms with van der Waals surface area (Å²) < 4.78 is 25.1. The first kappa shape index (κ1) is 22.8. The Hall–Kier alpha value is -1.85. The van der Waals surface area contributed by atoms with E-state index in [0.717, 1.165) is 25.8 Å². The Bertz CT molecular complexity index is 1140. The lowest BCUT2D eigenvalue weighted by molar-refractivity contribution is 0.598. The van der Waals surface area contributed by atoms with Crippen LogP contribution in [0.4, 0.5) is 5.69 Å². The van der Waals surface area contributed by atoms with E-state index in [1.54, 1.807) is 24.5 Å². The zero-order chi connectivity index (χ0) is 21.7. The molecule has 0 aliphatic heterocycles. The van der Waals surface area contributed by atoms with Crippen molar-refractivity contribution in [1.82, 2.24) is 10.3 Å². The predicted octanol–water partition coefficient (Wildman–Crippen LogP) is 4.34. The van der Waals surface area contributed by atoms with Crippen LogP contribution in [0, 0.1) is 0 Å². The van der Waals surface area contributed by atoms with Crippen LogP contribution in [0.5, 0.6) is 0 Å². The van der Waals surface area contributed by atoms with E-state index < -0.39 is 10.0 Å². The third-order valence-corrected chi connectivity index (χ3v) is 6.78. The first-order valence-electron chi connectivity index (χ1n) is 8.75. The molecule has 3 rings (SSSR count). The summed E-state index contributed by atoms with van der Waals surface area (Å²) in [6.45, 7) is 1.01. The molecule has 0 saturated carbocycles. The Morgan fingerprint density at radius 2 is 1.73 bits per heavy atom. The first-order valence-corrected chi connectivity index (χ1v) is 12.3. The fourth-order valence-corrected chi connectivity index (χ4v) is 4.62. The van der Waals surface area contributed by atoms with Gasteiger partial charge in [0, 0.05) is 33.6 Å².